The quantitative estimate of drug-likeness (QED) is 0.286. The molecular weight excluding hydrogens is 518 g/mol. The molecule has 11 nitrogen and oxygen atoms in total. The zero-order valence-corrected chi connectivity index (χ0v) is 23.6. The predicted octanol–water partition coefficient (Wildman–Crippen LogP) is 5.50. The maximum atomic E-state index is 13.1. The molecule has 1 fully saturated rings. The van der Waals surface area contributed by atoms with Crippen molar-refractivity contribution >= 4 is 34.9 Å². The van der Waals surface area contributed by atoms with E-state index in [1.165, 1.54) is 0 Å². The molecule has 1 aliphatic rings. The molecule has 2 amide bonds. The van der Waals surface area contributed by atoms with Crippen LogP contribution in [0.2, 0.25) is 0 Å². The first-order valence-electron chi connectivity index (χ1n) is 13.4. The number of morpholine rings is 1. The molecule has 0 unspecified atom stereocenters. The summed E-state index contributed by atoms with van der Waals surface area (Å²) >= 11 is 0. The van der Waals surface area contributed by atoms with Crippen LogP contribution < -0.4 is 20.9 Å². The Bertz CT molecular complexity index is 1590. The van der Waals surface area contributed by atoms with Crippen LogP contribution in [0.25, 0.3) is 11.3 Å². The standard InChI is InChI=1S/C30H33N9O2/c1-20-8-9-23(17-24(20)34-28-32-11-10-26(36-28)38-12-14-41-15-13-38)33-29(40)35-25-19-39(30(2,3)4)37-27(25)22-7-5-6-21(16-22)18-31/h5-11,16-17,19H,12-15H2,1-4H3,(H,32,34,36)(H2,33,35,40). The van der Waals surface area contributed by atoms with E-state index < -0.39 is 6.03 Å². The van der Waals surface area contributed by atoms with Gasteiger partial charge in [0.05, 0.1) is 36.1 Å². The van der Waals surface area contributed by atoms with Crippen molar-refractivity contribution in [2.45, 2.75) is 33.2 Å². The van der Waals surface area contributed by atoms with Crippen LogP contribution in [-0.4, -0.2) is 52.1 Å². The second-order valence-electron chi connectivity index (χ2n) is 10.8. The van der Waals surface area contributed by atoms with Gasteiger partial charge >= 0.3 is 6.03 Å². The number of carbonyl (C=O) groups is 1. The first-order chi connectivity index (χ1) is 19.7. The van der Waals surface area contributed by atoms with Crippen molar-refractivity contribution in [3.05, 3.63) is 72.1 Å². The third kappa shape index (κ3) is 6.62. The molecule has 5 rings (SSSR count). The predicted molar refractivity (Wildman–Crippen MR) is 160 cm³/mol. The first kappa shape index (κ1) is 27.6. The Morgan fingerprint density at radius 3 is 2.61 bits per heavy atom. The van der Waals surface area contributed by atoms with Gasteiger partial charge in [0.25, 0.3) is 0 Å². The van der Waals surface area contributed by atoms with Crippen molar-refractivity contribution in [1.29, 1.82) is 5.26 Å². The largest absolute Gasteiger partial charge is 0.378 e. The van der Waals surface area contributed by atoms with Crippen LogP contribution in [0.5, 0.6) is 0 Å². The van der Waals surface area contributed by atoms with Gasteiger partial charge in [0.1, 0.15) is 11.5 Å². The van der Waals surface area contributed by atoms with Gasteiger partial charge in [-0.3, -0.25) is 4.68 Å². The highest BCUT2D eigenvalue weighted by Gasteiger charge is 2.21. The number of aromatic nitrogens is 4. The highest BCUT2D eigenvalue weighted by molar-refractivity contribution is 6.02. The molecule has 11 heteroatoms. The van der Waals surface area contributed by atoms with Crippen molar-refractivity contribution < 1.29 is 9.53 Å². The van der Waals surface area contributed by atoms with Crippen molar-refractivity contribution in [3.8, 4) is 17.3 Å². The molecule has 2 aromatic carbocycles. The monoisotopic (exact) mass is 551 g/mol. The number of nitrogens with zero attached hydrogens (tertiary/aromatic N) is 6. The Morgan fingerprint density at radius 2 is 1.85 bits per heavy atom. The van der Waals surface area contributed by atoms with Crippen LogP contribution in [0.4, 0.5) is 33.6 Å². The summed E-state index contributed by atoms with van der Waals surface area (Å²) in [6, 6.07) is 16.4. The maximum Gasteiger partial charge on any atom is 0.323 e. The van der Waals surface area contributed by atoms with E-state index >= 15 is 0 Å². The SMILES string of the molecule is Cc1ccc(NC(=O)Nc2cn(C(C)(C)C)nc2-c2cccc(C#N)c2)cc1Nc1nccc(N2CCOCC2)n1. The number of benzene rings is 2. The van der Waals surface area contributed by atoms with Crippen molar-refractivity contribution in [1.82, 2.24) is 19.7 Å². The Labute approximate surface area is 239 Å². The minimum atomic E-state index is -0.420. The van der Waals surface area contributed by atoms with E-state index in [4.69, 9.17) is 9.84 Å². The smallest absolute Gasteiger partial charge is 0.323 e. The molecule has 3 heterocycles. The molecule has 0 radical (unpaired) electrons. The summed E-state index contributed by atoms with van der Waals surface area (Å²) in [7, 11) is 0. The number of urea groups is 1. The molecule has 0 saturated carbocycles. The number of nitrogens with one attached hydrogen (secondary N) is 3. The lowest BCUT2D eigenvalue weighted by atomic mass is 10.1. The van der Waals surface area contributed by atoms with Gasteiger partial charge in [-0.05, 0) is 63.6 Å². The van der Waals surface area contributed by atoms with Gasteiger partial charge in [-0.2, -0.15) is 15.3 Å². The number of nitriles is 1. The van der Waals surface area contributed by atoms with Gasteiger partial charge in [-0.1, -0.05) is 18.2 Å². The van der Waals surface area contributed by atoms with Gasteiger partial charge in [0, 0.05) is 42.4 Å². The van der Waals surface area contributed by atoms with Crippen molar-refractivity contribution in [3.63, 3.8) is 0 Å². The molecule has 210 valence electrons. The average molecular weight is 552 g/mol. The van der Waals surface area contributed by atoms with E-state index in [1.807, 2.05) is 58.0 Å². The summed E-state index contributed by atoms with van der Waals surface area (Å²) in [5.74, 6) is 1.31. The second kappa shape index (κ2) is 11.7. The Hall–Kier alpha value is -4.95. The summed E-state index contributed by atoms with van der Waals surface area (Å²) in [6.07, 6.45) is 3.53. The minimum Gasteiger partial charge on any atom is -0.378 e. The maximum absolute atomic E-state index is 13.1. The third-order valence-electron chi connectivity index (χ3n) is 6.63. The van der Waals surface area contributed by atoms with Crippen LogP contribution >= 0.6 is 0 Å². The van der Waals surface area contributed by atoms with E-state index in [9.17, 15) is 10.1 Å². The van der Waals surface area contributed by atoms with E-state index in [0.717, 1.165) is 35.7 Å². The van der Waals surface area contributed by atoms with Gasteiger partial charge in [-0.15, -0.1) is 0 Å². The molecule has 1 saturated heterocycles. The number of carbonyl (C=O) groups excluding carboxylic acids is 1. The van der Waals surface area contributed by atoms with Crippen LogP contribution in [0.15, 0.2) is 60.9 Å². The summed E-state index contributed by atoms with van der Waals surface area (Å²) in [4.78, 5) is 24.4. The number of ether oxygens (including phenoxy) is 1. The van der Waals surface area contributed by atoms with Crippen molar-refractivity contribution in [2.24, 2.45) is 0 Å². The molecule has 0 aliphatic carbocycles. The number of aryl methyl sites for hydroxylation is 1. The van der Waals surface area contributed by atoms with Crippen LogP contribution in [0, 0.1) is 18.3 Å². The van der Waals surface area contributed by atoms with Crippen LogP contribution in [-0.2, 0) is 10.3 Å². The fraction of sp³-hybridized carbons (Fsp3) is 0.300. The van der Waals surface area contributed by atoms with Gasteiger partial charge in [-0.25, -0.2) is 9.78 Å². The van der Waals surface area contributed by atoms with Gasteiger partial charge < -0.3 is 25.6 Å². The lowest BCUT2D eigenvalue weighted by Gasteiger charge is -2.27. The molecule has 2 aromatic heterocycles. The lowest BCUT2D eigenvalue weighted by Crippen LogP contribution is -2.36. The van der Waals surface area contributed by atoms with Gasteiger partial charge in [0.15, 0.2) is 0 Å². The average Bonchev–Trinajstić information content (AvgIpc) is 3.40. The Morgan fingerprint density at radius 1 is 1.05 bits per heavy atom. The first-order valence-corrected chi connectivity index (χ1v) is 13.4. The molecule has 4 aromatic rings. The lowest BCUT2D eigenvalue weighted by molar-refractivity contribution is 0.122. The fourth-order valence-corrected chi connectivity index (χ4v) is 4.38. The summed E-state index contributed by atoms with van der Waals surface area (Å²) in [5.41, 5.74) is 4.40. The number of hydrogen-bond donors (Lipinski definition) is 3. The molecular formula is C30H33N9O2. The van der Waals surface area contributed by atoms with E-state index in [-0.39, 0.29) is 5.54 Å². The van der Waals surface area contributed by atoms with Crippen molar-refractivity contribution in [2.75, 3.05) is 47.2 Å². The summed E-state index contributed by atoms with van der Waals surface area (Å²) < 4.78 is 7.24. The zero-order valence-electron chi connectivity index (χ0n) is 23.6. The summed E-state index contributed by atoms with van der Waals surface area (Å²) in [5, 5.41) is 23.2. The number of amides is 2. The third-order valence-corrected chi connectivity index (χ3v) is 6.63. The number of hydrogen-bond acceptors (Lipinski definition) is 8. The highest BCUT2D eigenvalue weighted by Crippen LogP contribution is 2.30. The highest BCUT2D eigenvalue weighted by atomic mass is 16.5. The van der Waals surface area contributed by atoms with E-state index in [1.54, 1.807) is 35.3 Å². The fourth-order valence-electron chi connectivity index (χ4n) is 4.38. The Balaban J connectivity index is 1.33. The second-order valence-corrected chi connectivity index (χ2v) is 10.8. The van der Waals surface area contributed by atoms with Crippen LogP contribution in [0.3, 0.4) is 0 Å². The molecule has 1 aliphatic heterocycles. The number of rotatable bonds is 6. The topological polar surface area (TPSA) is 133 Å². The molecule has 0 spiro atoms. The molecule has 0 bridgehead atoms. The Kier molecular flexibility index (Phi) is 7.85. The zero-order chi connectivity index (χ0) is 29.0. The normalized spacial score (nSPS) is 13.4. The van der Waals surface area contributed by atoms with Gasteiger partial charge in [0.2, 0.25) is 5.95 Å². The number of anilines is 5. The molecule has 3 N–H and O–H groups in total. The van der Waals surface area contributed by atoms with Crippen LogP contribution in [0.1, 0.15) is 31.9 Å². The summed E-state index contributed by atoms with van der Waals surface area (Å²) in [6.45, 7) is 11.0. The minimum absolute atomic E-state index is 0.309. The van der Waals surface area contributed by atoms with E-state index in [2.05, 4.69) is 36.9 Å². The molecule has 0 atom stereocenters. The van der Waals surface area contributed by atoms with E-state index in [0.29, 0.717) is 41.8 Å². The molecule has 41 heavy (non-hydrogen) atoms.